The van der Waals surface area contributed by atoms with Crippen molar-refractivity contribution in [3.05, 3.63) is 98.1 Å². The van der Waals surface area contributed by atoms with E-state index in [0.717, 1.165) is 0 Å². The van der Waals surface area contributed by atoms with Crippen LogP contribution in [-0.2, 0) is 30.8 Å². The average molecular weight is 706 g/mol. The summed E-state index contributed by atoms with van der Waals surface area (Å²) in [5.41, 5.74) is 1.06. The molecule has 0 bridgehead atoms. The first-order chi connectivity index (χ1) is 22.2. The number of pyridine rings is 1. The van der Waals surface area contributed by atoms with E-state index in [4.69, 9.17) is 34.8 Å². The van der Waals surface area contributed by atoms with Crippen molar-refractivity contribution < 1.29 is 37.5 Å². The highest BCUT2D eigenvalue weighted by atomic mass is 35.5. The average Bonchev–Trinajstić information content (AvgIpc) is 3.42. The fourth-order valence-corrected chi connectivity index (χ4v) is 8.41. The van der Waals surface area contributed by atoms with E-state index in [1.54, 1.807) is 24.3 Å². The quantitative estimate of drug-likeness (QED) is 0.223. The largest absolute Gasteiger partial charge is 0.508 e. The van der Waals surface area contributed by atoms with Crippen molar-refractivity contribution >= 4 is 64.2 Å². The molecule has 242 valence electrons. The Morgan fingerprint density at radius 3 is 2.34 bits per heavy atom. The zero-order valence-electron chi connectivity index (χ0n) is 23.8. The fourth-order valence-electron chi connectivity index (χ4n) is 7.79. The second-order valence-corrected chi connectivity index (χ2v) is 13.2. The van der Waals surface area contributed by atoms with Crippen molar-refractivity contribution in [2.45, 2.75) is 30.4 Å². The van der Waals surface area contributed by atoms with Crippen molar-refractivity contribution in [3.63, 3.8) is 0 Å². The first-order valence-electron chi connectivity index (χ1n) is 14.4. The molecule has 2 saturated heterocycles. The van der Waals surface area contributed by atoms with Gasteiger partial charge in [0.1, 0.15) is 5.75 Å². The second kappa shape index (κ2) is 11.0. The summed E-state index contributed by atoms with van der Waals surface area (Å²) >= 11 is 19.2. The first-order valence-corrected chi connectivity index (χ1v) is 15.5. The van der Waals surface area contributed by atoms with Gasteiger partial charge in [0.05, 0.1) is 33.8 Å². The fraction of sp³-hybridized carbons (Fsp3) is 0.281. The molecule has 3 aromatic rings. The normalized spacial score (nSPS) is 28.4. The van der Waals surface area contributed by atoms with E-state index in [2.05, 4.69) is 15.7 Å². The monoisotopic (exact) mass is 704 g/mol. The predicted octanol–water partition coefficient (Wildman–Crippen LogP) is 6.04. The molecule has 4 amide bonds. The summed E-state index contributed by atoms with van der Waals surface area (Å²) in [5, 5.41) is 13.2. The van der Waals surface area contributed by atoms with Crippen LogP contribution in [0.2, 0.25) is 15.1 Å². The molecule has 1 saturated carbocycles. The standard InChI is InChI=1S/C32H22Cl3F3N4O5/c33-15-3-1-13(2-4-15)31-21(29(46)42(30(31)47)41-26-23(35)9-14(12-39-26)32(36,37)38)11-20-17(7-8-19-24(20)28(45)40-27(19)44)25(31)18-6-5-16(43)10-22(18)34/h1-7,9-10,12,19-21,24-25,43H,8,11H2,(H,39,41)(H,40,44,45)/t19-,20+,21-,24-,25+,31+/m0/s1. The van der Waals surface area contributed by atoms with Crippen molar-refractivity contribution in [1.82, 2.24) is 15.3 Å². The molecule has 2 aliphatic carbocycles. The Morgan fingerprint density at radius 2 is 1.68 bits per heavy atom. The van der Waals surface area contributed by atoms with E-state index in [1.165, 1.54) is 18.2 Å². The maximum Gasteiger partial charge on any atom is 0.417 e. The van der Waals surface area contributed by atoms with Gasteiger partial charge < -0.3 is 5.11 Å². The van der Waals surface area contributed by atoms with Crippen LogP contribution in [0.25, 0.3) is 0 Å². The smallest absolute Gasteiger partial charge is 0.417 e. The molecule has 3 fully saturated rings. The molecular weight excluding hydrogens is 684 g/mol. The number of hydrogen-bond acceptors (Lipinski definition) is 7. The summed E-state index contributed by atoms with van der Waals surface area (Å²) in [5.74, 6) is -7.30. The zero-order chi connectivity index (χ0) is 33.6. The third kappa shape index (κ3) is 4.71. The Labute approximate surface area is 279 Å². The number of amides is 4. The minimum Gasteiger partial charge on any atom is -0.508 e. The van der Waals surface area contributed by atoms with Crippen molar-refractivity contribution in [2.75, 3.05) is 5.43 Å². The number of aromatic nitrogens is 1. The number of imide groups is 2. The van der Waals surface area contributed by atoms with Crippen molar-refractivity contribution in [3.8, 4) is 5.75 Å². The van der Waals surface area contributed by atoms with Gasteiger partial charge in [0.15, 0.2) is 5.82 Å². The van der Waals surface area contributed by atoms with Gasteiger partial charge in [-0.2, -0.15) is 18.2 Å². The number of carbonyl (C=O) groups is 4. The predicted molar refractivity (Wildman–Crippen MR) is 163 cm³/mol. The lowest BCUT2D eigenvalue weighted by Gasteiger charge is -2.50. The van der Waals surface area contributed by atoms with Crippen LogP contribution in [0.15, 0.2) is 66.4 Å². The maximum atomic E-state index is 15.0. The molecule has 0 radical (unpaired) electrons. The Morgan fingerprint density at radius 1 is 0.957 bits per heavy atom. The maximum absolute atomic E-state index is 15.0. The van der Waals surface area contributed by atoms with Crippen LogP contribution in [0.3, 0.4) is 0 Å². The topological polar surface area (TPSA) is 129 Å². The van der Waals surface area contributed by atoms with E-state index in [-0.39, 0.29) is 29.4 Å². The number of hydrogen-bond donors (Lipinski definition) is 3. The minimum absolute atomic E-state index is 0.0283. The van der Waals surface area contributed by atoms with Crippen LogP contribution in [0.1, 0.15) is 35.4 Å². The molecule has 47 heavy (non-hydrogen) atoms. The van der Waals surface area contributed by atoms with Gasteiger partial charge in [-0.1, -0.05) is 64.7 Å². The van der Waals surface area contributed by atoms with Crippen LogP contribution in [-0.4, -0.2) is 38.7 Å². The number of phenolic OH excluding ortho intramolecular Hbond substituents is 1. The number of rotatable bonds is 4. The molecular formula is C32H22Cl3F3N4O5. The molecule has 6 atom stereocenters. The SMILES string of the molecule is O=C1NC(=O)[C@H]2CC=C3[C@@H](C[C@H]4C(=O)N(Nc5ncc(C(F)(F)F)cc5Cl)C(=O)[C@@]4(c4ccc(Cl)cc4)[C@H]3c3ccc(O)cc3Cl)[C@@H]12. The molecule has 0 spiro atoms. The van der Waals surface area contributed by atoms with Gasteiger partial charge >= 0.3 is 6.18 Å². The number of nitrogens with zero attached hydrogens (tertiary/aromatic N) is 2. The summed E-state index contributed by atoms with van der Waals surface area (Å²) in [6.45, 7) is 0. The molecule has 9 nitrogen and oxygen atoms in total. The van der Waals surface area contributed by atoms with E-state index in [9.17, 15) is 37.5 Å². The van der Waals surface area contributed by atoms with Crippen LogP contribution in [0, 0.1) is 23.7 Å². The summed E-state index contributed by atoms with van der Waals surface area (Å²) in [4.78, 5) is 59.1. The van der Waals surface area contributed by atoms with Crippen LogP contribution < -0.4 is 10.7 Å². The van der Waals surface area contributed by atoms with Crippen LogP contribution >= 0.6 is 34.8 Å². The third-order valence-electron chi connectivity index (χ3n) is 9.70. The second-order valence-electron chi connectivity index (χ2n) is 12.0. The van der Waals surface area contributed by atoms with E-state index in [1.807, 2.05) is 6.08 Å². The number of alkyl halides is 3. The number of allylic oxidation sites excluding steroid dienone is 2. The number of hydrazine groups is 1. The summed E-state index contributed by atoms with van der Waals surface area (Å²) in [6.07, 6.45) is -2.24. The van der Waals surface area contributed by atoms with E-state index in [0.29, 0.717) is 39.0 Å². The summed E-state index contributed by atoms with van der Waals surface area (Å²) in [7, 11) is 0. The Kier molecular flexibility index (Phi) is 7.34. The number of phenols is 1. The van der Waals surface area contributed by atoms with Gasteiger partial charge in [0, 0.05) is 22.2 Å². The highest BCUT2D eigenvalue weighted by Gasteiger charge is 2.70. The van der Waals surface area contributed by atoms with Crippen LogP contribution in [0.5, 0.6) is 5.75 Å². The van der Waals surface area contributed by atoms with E-state index < -0.39 is 75.4 Å². The molecule has 1 aromatic heterocycles. The lowest BCUT2D eigenvalue weighted by atomic mass is 9.49. The molecule has 4 aliphatic rings. The van der Waals surface area contributed by atoms with E-state index >= 15 is 0 Å². The number of aromatic hydroxyl groups is 1. The van der Waals surface area contributed by atoms with Crippen molar-refractivity contribution in [2.24, 2.45) is 23.7 Å². The zero-order valence-corrected chi connectivity index (χ0v) is 26.1. The van der Waals surface area contributed by atoms with Gasteiger partial charge in [-0.25, -0.2) is 4.98 Å². The van der Waals surface area contributed by atoms with Gasteiger partial charge in [-0.15, -0.1) is 0 Å². The number of fused-ring (bicyclic) bond motifs is 4. The molecule has 2 aromatic carbocycles. The molecule has 15 heteroatoms. The number of nitrogens with one attached hydrogen (secondary N) is 2. The summed E-state index contributed by atoms with van der Waals surface area (Å²) < 4.78 is 40.0. The molecule has 3 N–H and O–H groups in total. The Hall–Kier alpha value is -4.13. The van der Waals surface area contributed by atoms with Crippen molar-refractivity contribution in [1.29, 1.82) is 0 Å². The number of halogens is 6. The third-order valence-corrected chi connectivity index (χ3v) is 10.6. The molecule has 2 aliphatic heterocycles. The van der Waals surface area contributed by atoms with Crippen LogP contribution in [0.4, 0.5) is 19.0 Å². The molecule has 0 unspecified atom stereocenters. The van der Waals surface area contributed by atoms with Gasteiger partial charge in [-0.05, 0) is 60.2 Å². The molecule has 7 rings (SSSR count). The van der Waals surface area contributed by atoms with Gasteiger partial charge in [0.2, 0.25) is 11.8 Å². The summed E-state index contributed by atoms with van der Waals surface area (Å²) in [6, 6.07) is 11.2. The highest BCUT2D eigenvalue weighted by Crippen LogP contribution is 2.64. The Balaban J connectivity index is 1.45. The molecule has 3 heterocycles. The van der Waals surface area contributed by atoms with Gasteiger partial charge in [-0.3, -0.25) is 29.9 Å². The Bertz CT molecular complexity index is 1920. The lowest BCUT2D eigenvalue weighted by Crippen LogP contribution is -2.53. The first kappa shape index (κ1) is 31.5. The number of benzene rings is 2. The number of carbonyl (C=O) groups excluding carboxylic acids is 4. The highest BCUT2D eigenvalue weighted by molar-refractivity contribution is 6.33. The van der Waals surface area contributed by atoms with Gasteiger partial charge in [0.25, 0.3) is 11.8 Å². The lowest BCUT2D eigenvalue weighted by molar-refractivity contribution is -0.139. The minimum atomic E-state index is -4.74. The number of anilines is 1.